The van der Waals surface area contributed by atoms with Crippen LogP contribution in [0, 0.1) is 11.9 Å². The highest BCUT2D eigenvalue weighted by Crippen LogP contribution is 2.13. The molecule has 0 saturated heterocycles. The Bertz CT molecular complexity index is 517. The first-order chi connectivity index (χ1) is 7.66. The van der Waals surface area contributed by atoms with Gasteiger partial charge in [0.2, 0.25) is 11.9 Å². The van der Waals surface area contributed by atoms with E-state index in [0.717, 1.165) is 23.7 Å². The second-order valence-electron chi connectivity index (χ2n) is 2.71. The summed E-state index contributed by atoms with van der Waals surface area (Å²) in [6.45, 7) is 0. The van der Waals surface area contributed by atoms with Gasteiger partial charge in [0, 0.05) is 0 Å². The van der Waals surface area contributed by atoms with Crippen LogP contribution >= 0.6 is 11.5 Å². The zero-order valence-corrected chi connectivity index (χ0v) is 8.46. The maximum atomic E-state index is 13.1. The van der Waals surface area contributed by atoms with Crippen LogP contribution in [0.1, 0.15) is 9.67 Å². The maximum Gasteiger partial charge on any atom is 0.269 e. The first-order valence-corrected chi connectivity index (χ1v) is 4.85. The van der Waals surface area contributed by atoms with Crippen molar-refractivity contribution in [2.24, 2.45) is 0 Å². The summed E-state index contributed by atoms with van der Waals surface area (Å²) < 4.78 is 29.0. The Morgan fingerprint density at radius 3 is 2.81 bits per heavy atom. The van der Waals surface area contributed by atoms with Gasteiger partial charge in [-0.1, -0.05) is 4.49 Å². The van der Waals surface area contributed by atoms with Crippen molar-refractivity contribution in [3.05, 3.63) is 35.1 Å². The number of carbonyl (C=O) groups excluding carboxylic acids is 1. The van der Waals surface area contributed by atoms with Crippen molar-refractivity contribution in [2.45, 2.75) is 0 Å². The van der Waals surface area contributed by atoms with Gasteiger partial charge in [-0.05, 0) is 23.7 Å². The lowest BCUT2D eigenvalue weighted by atomic mass is 10.4. The molecule has 0 saturated carbocycles. The summed E-state index contributed by atoms with van der Waals surface area (Å²) in [6.07, 6.45) is 1.24. The molecule has 0 aliphatic heterocycles. The molecule has 5 nitrogen and oxygen atoms in total. The third kappa shape index (κ3) is 2.16. The van der Waals surface area contributed by atoms with Crippen LogP contribution in [0.3, 0.4) is 0 Å². The summed E-state index contributed by atoms with van der Waals surface area (Å²) >= 11 is 0.869. The van der Waals surface area contributed by atoms with Gasteiger partial charge >= 0.3 is 0 Å². The standard InChI is InChI=1S/C8H4F2N4OS/c9-6-2-1-4(7(10)13-6)12-8(15)5-3-11-14-16-5/h1-3H,(H,12,15). The summed E-state index contributed by atoms with van der Waals surface area (Å²) in [5.74, 6) is -2.59. The van der Waals surface area contributed by atoms with E-state index in [4.69, 9.17) is 0 Å². The molecule has 0 atom stereocenters. The lowest BCUT2D eigenvalue weighted by Crippen LogP contribution is -2.12. The number of carbonyl (C=O) groups is 1. The fourth-order valence-electron chi connectivity index (χ4n) is 0.956. The lowest BCUT2D eigenvalue weighted by molar-refractivity contribution is 0.102. The fourth-order valence-corrected chi connectivity index (χ4v) is 1.37. The number of anilines is 1. The fraction of sp³-hybridized carbons (Fsp3) is 0. The number of hydrogen-bond acceptors (Lipinski definition) is 5. The minimum absolute atomic E-state index is 0.195. The number of aromatic nitrogens is 3. The Kier molecular flexibility index (Phi) is 2.82. The molecule has 2 aromatic rings. The average molecular weight is 242 g/mol. The predicted octanol–water partition coefficient (Wildman–Crippen LogP) is 1.46. The number of rotatable bonds is 2. The molecule has 16 heavy (non-hydrogen) atoms. The normalized spacial score (nSPS) is 10.1. The Morgan fingerprint density at radius 1 is 1.38 bits per heavy atom. The number of halogens is 2. The van der Waals surface area contributed by atoms with Crippen molar-refractivity contribution in [3.8, 4) is 0 Å². The number of hydrogen-bond donors (Lipinski definition) is 1. The Labute approximate surface area is 92.3 Å². The van der Waals surface area contributed by atoms with Gasteiger partial charge in [-0.2, -0.15) is 13.8 Å². The molecule has 1 amide bonds. The van der Waals surface area contributed by atoms with E-state index < -0.39 is 17.8 Å². The molecule has 0 radical (unpaired) electrons. The van der Waals surface area contributed by atoms with Crippen LogP contribution < -0.4 is 5.32 Å². The van der Waals surface area contributed by atoms with Crippen molar-refractivity contribution in [1.29, 1.82) is 0 Å². The minimum Gasteiger partial charge on any atom is -0.317 e. The van der Waals surface area contributed by atoms with Gasteiger partial charge in [-0.3, -0.25) is 4.79 Å². The maximum absolute atomic E-state index is 13.1. The first-order valence-electron chi connectivity index (χ1n) is 4.07. The molecular weight excluding hydrogens is 238 g/mol. The van der Waals surface area contributed by atoms with E-state index in [9.17, 15) is 13.6 Å². The van der Waals surface area contributed by atoms with Crippen molar-refractivity contribution < 1.29 is 13.6 Å². The van der Waals surface area contributed by atoms with Gasteiger partial charge in [0.15, 0.2) is 0 Å². The zero-order valence-electron chi connectivity index (χ0n) is 7.65. The van der Waals surface area contributed by atoms with Gasteiger partial charge in [0.25, 0.3) is 5.91 Å². The van der Waals surface area contributed by atoms with Crippen molar-refractivity contribution >= 4 is 23.1 Å². The van der Waals surface area contributed by atoms with Crippen molar-refractivity contribution in [1.82, 2.24) is 14.6 Å². The van der Waals surface area contributed by atoms with Crippen LogP contribution in [0.15, 0.2) is 18.3 Å². The predicted molar refractivity (Wildman–Crippen MR) is 52.0 cm³/mol. The molecule has 0 unspecified atom stereocenters. The molecular formula is C8H4F2N4OS. The highest BCUT2D eigenvalue weighted by atomic mass is 32.1. The molecule has 82 valence electrons. The van der Waals surface area contributed by atoms with E-state index in [0.29, 0.717) is 0 Å². The van der Waals surface area contributed by atoms with Crippen LogP contribution in [-0.4, -0.2) is 20.5 Å². The van der Waals surface area contributed by atoms with Gasteiger partial charge in [-0.25, -0.2) is 0 Å². The summed E-state index contributed by atoms with van der Waals surface area (Å²) in [5.41, 5.74) is -0.195. The van der Waals surface area contributed by atoms with E-state index in [1.165, 1.54) is 6.20 Å². The van der Waals surface area contributed by atoms with Crippen LogP contribution in [0.2, 0.25) is 0 Å². The quantitative estimate of drug-likeness (QED) is 0.809. The average Bonchev–Trinajstić information content (AvgIpc) is 2.75. The lowest BCUT2D eigenvalue weighted by Gasteiger charge is -2.02. The Morgan fingerprint density at radius 2 is 2.19 bits per heavy atom. The third-order valence-corrected chi connectivity index (χ3v) is 2.31. The van der Waals surface area contributed by atoms with E-state index in [1.54, 1.807) is 0 Å². The molecule has 0 spiro atoms. The molecule has 0 fully saturated rings. The highest BCUT2D eigenvalue weighted by molar-refractivity contribution is 7.07. The summed E-state index contributed by atoms with van der Waals surface area (Å²) in [5, 5.41) is 5.69. The second kappa shape index (κ2) is 4.27. The third-order valence-electron chi connectivity index (χ3n) is 1.65. The van der Waals surface area contributed by atoms with E-state index in [2.05, 4.69) is 19.9 Å². The minimum atomic E-state index is -1.08. The monoisotopic (exact) mass is 242 g/mol. The highest BCUT2D eigenvalue weighted by Gasteiger charge is 2.12. The molecule has 0 aliphatic carbocycles. The number of pyridine rings is 1. The van der Waals surface area contributed by atoms with Crippen molar-refractivity contribution in [3.63, 3.8) is 0 Å². The van der Waals surface area contributed by atoms with Gasteiger partial charge in [0.05, 0.1) is 11.9 Å². The number of nitrogens with one attached hydrogen (secondary N) is 1. The molecule has 8 heteroatoms. The van der Waals surface area contributed by atoms with Crippen LogP contribution in [0.5, 0.6) is 0 Å². The summed E-state index contributed by atoms with van der Waals surface area (Å²) in [7, 11) is 0. The Hall–Kier alpha value is -1.96. The molecule has 1 N–H and O–H groups in total. The zero-order chi connectivity index (χ0) is 11.5. The number of nitrogens with zero attached hydrogens (tertiary/aromatic N) is 3. The Balaban J connectivity index is 2.18. The molecule has 2 aromatic heterocycles. The number of amides is 1. The molecule has 2 heterocycles. The molecule has 0 aliphatic rings. The molecule has 0 aromatic carbocycles. The van der Waals surface area contributed by atoms with Crippen LogP contribution in [0.25, 0.3) is 0 Å². The van der Waals surface area contributed by atoms with Gasteiger partial charge in [0.1, 0.15) is 4.88 Å². The molecule has 0 bridgehead atoms. The van der Waals surface area contributed by atoms with E-state index in [-0.39, 0.29) is 10.6 Å². The van der Waals surface area contributed by atoms with Crippen LogP contribution in [0.4, 0.5) is 14.5 Å². The topological polar surface area (TPSA) is 67.8 Å². The first kappa shape index (κ1) is 10.6. The van der Waals surface area contributed by atoms with E-state index >= 15 is 0 Å². The van der Waals surface area contributed by atoms with Crippen LogP contribution in [-0.2, 0) is 0 Å². The van der Waals surface area contributed by atoms with Gasteiger partial charge in [-0.15, -0.1) is 5.10 Å². The van der Waals surface area contributed by atoms with E-state index in [1.807, 2.05) is 0 Å². The molecule has 2 rings (SSSR count). The second-order valence-corrected chi connectivity index (χ2v) is 3.49. The van der Waals surface area contributed by atoms with Gasteiger partial charge < -0.3 is 5.32 Å². The van der Waals surface area contributed by atoms with Crippen molar-refractivity contribution in [2.75, 3.05) is 5.32 Å². The summed E-state index contributed by atoms with van der Waals surface area (Å²) in [6, 6.07) is 2.04. The SMILES string of the molecule is O=C(Nc1ccc(F)nc1F)c1cnns1. The summed E-state index contributed by atoms with van der Waals surface area (Å²) in [4.78, 5) is 14.6. The largest absolute Gasteiger partial charge is 0.317 e. The smallest absolute Gasteiger partial charge is 0.269 e.